The van der Waals surface area contributed by atoms with Crippen LogP contribution < -0.4 is 5.43 Å². The molecule has 0 amide bonds. The number of pyridine rings is 1. The van der Waals surface area contributed by atoms with E-state index in [2.05, 4.69) is 13.2 Å². The van der Waals surface area contributed by atoms with E-state index in [1.807, 2.05) is 4.90 Å². The maximum atomic E-state index is 13.9. The lowest BCUT2D eigenvalue weighted by molar-refractivity contribution is 0.316. The van der Waals surface area contributed by atoms with Crippen molar-refractivity contribution in [3.05, 3.63) is 89.1 Å². The van der Waals surface area contributed by atoms with Crippen molar-refractivity contribution < 1.29 is 9.50 Å². The van der Waals surface area contributed by atoms with Gasteiger partial charge in [0, 0.05) is 37.0 Å². The molecule has 2 rings (SSSR count). The molecule has 0 saturated carbocycles. The molecular formula is C19H21FN2O2. The largest absolute Gasteiger partial charge is 0.503 e. The Hall–Kier alpha value is -2.66. The third-order valence-electron chi connectivity index (χ3n) is 3.66. The number of hydrogen-bond donors (Lipinski definition) is 1. The number of aromatic hydroxyl groups is 1. The first kappa shape index (κ1) is 17.7. The molecule has 1 N–H and O–H groups in total. The summed E-state index contributed by atoms with van der Waals surface area (Å²) < 4.78 is 15.6. The van der Waals surface area contributed by atoms with Gasteiger partial charge in [0.15, 0.2) is 5.75 Å². The molecule has 24 heavy (non-hydrogen) atoms. The Morgan fingerprint density at radius 3 is 2.50 bits per heavy atom. The van der Waals surface area contributed by atoms with E-state index in [9.17, 15) is 14.3 Å². The Balaban J connectivity index is 2.37. The van der Waals surface area contributed by atoms with Crippen LogP contribution in [0.4, 0.5) is 4.39 Å². The monoisotopic (exact) mass is 328 g/mol. The van der Waals surface area contributed by atoms with Gasteiger partial charge in [0.05, 0.1) is 12.7 Å². The van der Waals surface area contributed by atoms with E-state index in [0.29, 0.717) is 30.9 Å². The Kier molecular flexibility index (Phi) is 6.09. The zero-order valence-corrected chi connectivity index (χ0v) is 13.5. The second-order valence-corrected chi connectivity index (χ2v) is 5.51. The third-order valence-corrected chi connectivity index (χ3v) is 3.66. The molecule has 1 heterocycles. The van der Waals surface area contributed by atoms with Crippen LogP contribution in [0.2, 0.25) is 0 Å². The molecule has 0 radical (unpaired) electrons. The summed E-state index contributed by atoms with van der Waals surface area (Å²) in [6.45, 7) is 9.39. The molecule has 126 valence electrons. The van der Waals surface area contributed by atoms with Gasteiger partial charge in [-0.3, -0.25) is 9.69 Å². The van der Waals surface area contributed by atoms with Crippen LogP contribution in [0.15, 0.2) is 66.6 Å². The first-order valence-electron chi connectivity index (χ1n) is 7.65. The van der Waals surface area contributed by atoms with Crippen molar-refractivity contribution in [2.75, 3.05) is 13.1 Å². The standard InChI is InChI=1S/C19H21FN2O2/c1-3-9-21(10-4-2)13-16-11-18(23)19(24)14-22(16)12-15-7-5-6-8-17(15)20/h3-8,11,14,24H,1-2,9-10,12-13H2. The zero-order valence-electron chi connectivity index (χ0n) is 13.5. The van der Waals surface area contributed by atoms with E-state index in [4.69, 9.17) is 0 Å². The van der Waals surface area contributed by atoms with Crippen LogP contribution in [-0.4, -0.2) is 27.7 Å². The van der Waals surface area contributed by atoms with E-state index >= 15 is 0 Å². The highest BCUT2D eigenvalue weighted by Crippen LogP contribution is 2.14. The summed E-state index contributed by atoms with van der Waals surface area (Å²) in [5, 5.41) is 9.74. The van der Waals surface area contributed by atoms with Gasteiger partial charge in [0.1, 0.15) is 5.82 Å². The molecule has 2 aromatic rings. The van der Waals surface area contributed by atoms with Gasteiger partial charge in [0.2, 0.25) is 5.43 Å². The predicted octanol–water partition coefficient (Wildman–Crippen LogP) is 2.92. The van der Waals surface area contributed by atoms with E-state index in [1.165, 1.54) is 18.3 Å². The van der Waals surface area contributed by atoms with Crippen LogP contribution in [0.25, 0.3) is 0 Å². The van der Waals surface area contributed by atoms with Gasteiger partial charge in [-0.05, 0) is 6.07 Å². The molecule has 0 fully saturated rings. The van der Waals surface area contributed by atoms with Crippen LogP contribution in [0.5, 0.6) is 5.75 Å². The quantitative estimate of drug-likeness (QED) is 0.758. The Morgan fingerprint density at radius 2 is 1.88 bits per heavy atom. The first-order valence-corrected chi connectivity index (χ1v) is 7.65. The Morgan fingerprint density at radius 1 is 1.21 bits per heavy atom. The molecule has 4 nitrogen and oxygen atoms in total. The second-order valence-electron chi connectivity index (χ2n) is 5.51. The molecule has 0 saturated heterocycles. The molecular weight excluding hydrogens is 307 g/mol. The van der Waals surface area contributed by atoms with Crippen LogP contribution in [0.3, 0.4) is 0 Å². The predicted molar refractivity (Wildman–Crippen MR) is 93.5 cm³/mol. The highest BCUT2D eigenvalue weighted by Gasteiger charge is 2.11. The number of benzene rings is 1. The van der Waals surface area contributed by atoms with Crippen molar-refractivity contribution in [3.63, 3.8) is 0 Å². The SMILES string of the molecule is C=CCN(CC=C)Cc1cc(=O)c(O)cn1Cc1ccccc1F. The summed E-state index contributed by atoms with van der Waals surface area (Å²) >= 11 is 0. The molecule has 0 aliphatic carbocycles. The number of nitrogens with zero attached hydrogens (tertiary/aromatic N) is 2. The topological polar surface area (TPSA) is 45.5 Å². The lowest BCUT2D eigenvalue weighted by atomic mass is 10.2. The fraction of sp³-hybridized carbons (Fsp3) is 0.211. The van der Waals surface area contributed by atoms with Crippen LogP contribution in [0.1, 0.15) is 11.3 Å². The summed E-state index contributed by atoms with van der Waals surface area (Å²) in [6.07, 6.45) is 4.89. The van der Waals surface area contributed by atoms with Crippen molar-refractivity contribution in [1.82, 2.24) is 9.47 Å². The van der Waals surface area contributed by atoms with Crippen LogP contribution >= 0.6 is 0 Å². The highest BCUT2D eigenvalue weighted by molar-refractivity contribution is 5.24. The van der Waals surface area contributed by atoms with E-state index in [1.54, 1.807) is 34.9 Å². The summed E-state index contributed by atoms with van der Waals surface area (Å²) in [5.41, 5.74) is 0.720. The number of rotatable bonds is 8. The fourth-order valence-electron chi connectivity index (χ4n) is 2.49. The number of aromatic nitrogens is 1. The van der Waals surface area contributed by atoms with Gasteiger partial charge in [-0.2, -0.15) is 0 Å². The summed E-state index contributed by atoms with van der Waals surface area (Å²) in [6, 6.07) is 7.83. The van der Waals surface area contributed by atoms with Gasteiger partial charge < -0.3 is 9.67 Å². The Labute approximate surface area is 140 Å². The van der Waals surface area contributed by atoms with Gasteiger partial charge in [-0.15, -0.1) is 13.2 Å². The van der Waals surface area contributed by atoms with Crippen molar-refractivity contribution >= 4 is 0 Å². The lowest BCUT2D eigenvalue weighted by Crippen LogP contribution is -2.26. The Bertz CT molecular complexity index is 773. The molecule has 5 heteroatoms. The van der Waals surface area contributed by atoms with E-state index in [0.717, 1.165) is 0 Å². The molecule has 0 aliphatic rings. The second kappa shape index (κ2) is 8.26. The number of halogens is 1. The molecule has 0 atom stereocenters. The van der Waals surface area contributed by atoms with Crippen molar-refractivity contribution in [3.8, 4) is 5.75 Å². The van der Waals surface area contributed by atoms with Gasteiger partial charge >= 0.3 is 0 Å². The maximum absolute atomic E-state index is 13.9. The van der Waals surface area contributed by atoms with E-state index < -0.39 is 5.43 Å². The van der Waals surface area contributed by atoms with Crippen LogP contribution in [0, 0.1) is 5.82 Å². The van der Waals surface area contributed by atoms with Gasteiger partial charge in [-0.1, -0.05) is 30.4 Å². The normalized spacial score (nSPS) is 10.8. The smallest absolute Gasteiger partial charge is 0.223 e. The first-order chi connectivity index (χ1) is 11.5. The van der Waals surface area contributed by atoms with Gasteiger partial charge in [-0.25, -0.2) is 4.39 Å². The van der Waals surface area contributed by atoms with Crippen molar-refractivity contribution in [1.29, 1.82) is 0 Å². The molecule has 0 aliphatic heterocycles. The van der Waals surface area contributed by atoms with Crippen LogP contribution in [-0.2, 0) is 13.1 Å². The molecule has 1 aromatic heterocycles. The molecule has 0 unspecified atom stereocenters. The third kappa shape index (κ3) is 4.43. The number of hydrogen-bond acceptors (Lipinski definition) is 3. The minimum absolute atomic E-state index is 0.228. The van der Waals surface area contributed by atoms with E-state index in [-0.39, 0.29) is 18.1 Å². The molecule has 0 bridgehead atoms. The zero-order chi connectivity index (χ0) is 17.5. The lowest BCUT2D eigenvalue weighted by Gasteiger charge is -2.22. The maximum Gasteiger partial charge on any atom is 0.223 e. The molecule has 0 spiro atoms. The van der Waals surface area contributed by atoms with Gasteiger partial charge in [0.25, 0.3) is 0 Å². The minimum Gasteiger partial charge on any atom is -0.503 e. The van der Waals surface area contributed by atoms with Crippen molar-refractivity contribution in [2.45, 2.75) is 13.1 Å². The fourth-order valence-corrected chi connectivity index (χ4v) is 2.49. The molecule has 1 aromatic carbocycles. The summed E-state index contributed by atoms with van der Waals surface area (Å²) in [7, 11) is 0. The average Bonchev–Trinajstić information content (AvgIpc) is 2.54. The minimum atomic E-state index is -0.452. The summed E-state index contributed by atoms with van der Waals surface area (Å²) in [4.78, 5) is 13.8. The summed E-state index contributed by atoms with van der Waals surface area (Å²) in [5.74, 6) is -0.676. The highest BCUT2D eigenvalue weighted by atomic mass is 19.1. The van der Waals surface area contributed by atoms with Crippen molar-refractivity contribution in [2.24, 2.45) is 0 Å². The average molecular weight is 328 g/mol.